The van der Waals surface area contributed by atoms with Crippen LogP contribution in [0.4, 0.5) is 0 Å². The molecule has 0 aromatic heterocycles. The van der Waals surface area contributed by atoms with Crippen LogP contribution >= 0.6 is 11.6 Å². The quantitative estimate of drug-likeness (QED) is 0.841. The molecular weight excluding hydrogens is 288 g/mol. The Hall–Kier alpha value is -0.780. The number of aliphatic hydroxyl groups is 1. The van der Waals surface area contributed by atoms with Gasteiger partial charge in [-0.2, -0.15) is 0 Å². The van der Waals surface area contributed by atoms with Crippen molar-refractivity contribution in [3.8, 4) is 5.75 Å². The van der Waals surface area contributed by atoms with Gasteiger partial charge >= 0.3 is 0 Å². The van der Waals surface area contributed by atoms with Gasteiger partial charge in [-0.05, 0) is 31.0 Å². The molecule has 1 atom stereocenters. The first-order valence-corrected chi connectivity index (χ1v) is 8.36. The van der Waals surface area contributed by atoms with Gasteiger partial charge in [0.25, 0.3) is 0 Å². The van der Waals surface area contributed by atoms with Crippen LogP contribution in [0.3, 0.4) is 0 Å². The van der Waals surface area contributed by atoms with E-state index in [1.165, 1.54) is 0 Å². The average molecular weight is 307 g/mol. The molecule has 0 spiro atoms. The van der Waals surface area contributed by atoms with E-state index >= 15 is 0 Å². The van der Waals surface area contributed by atoms with Gasteiger partial charge in [-0.15, -0.1) is 0 Å². The fraction of sp³-hybridized carbons (Fsp3) is 0.538. The highest BCUT2D eigenvalue weighted by atomic mass is 35.5. The highest BCUT2D eigenvalue weighted by Gasteiger charge is 2.11. The molecule has 0 fully saturated rings. The maximum Gasteiger partial charge on any atom is 0.153 e. The van der Waals surface area contributed by atoms with E-state index in [0.717, 1.165) is 0 Å². The first-order chi connectivity index (χ1) is 8.85. The second kappa shape index (κ2) is 7.12. The number of rotatable bonds is 7. The second-order valence-corrected chi connectivity index (χ2v) is 7.08. The van der Waals surface area contributed by atoms with Crippen molar-refractivity contribution in [2.75, 3.05) is 18.1 Å². The zero-order valence-electron chi connectivity index (χ0n) is 11.1. The van der Waals surface area contributed by atoms with Gasteiger partial charge in [-0.1, -0.05) is 24.6 Å². The fourth-order valence-electron chi connectivity index (χ4n) is 1.59. The molecule has 0 aliphatic rings. The summed E-state index contributed by atoms with van der Waals surface area (Å²) < 4.78 is 28.4. The Morgan fingerprint density at radius 1 is 1.37 bits per heavy atom. The second-order valence-electron chi connectivity index (χ2n) is 4.37. The van der Waals surface area contributed by atoms with Crippen LogP contribution in [0.25, 0.3) is 0 Å². The van der Waals surface area contributed by atoms with Crippen LogP contribution in [-0.2, 0) is 9.84 Å². The Labute approximate surface area is 119 Å². The maximum absolute atomic E-state index is 11.5. The lowest BCUT2D eigenvalue weighted by Gasteiger charge is -2.11. The molecule has 6 heteroatoms. The Kier molecular flexibility index (Phi) is 6.10. The zero-order chi connectivity index (χ0) is 14.5. The molecule has 0 heterocycles. The standard InChI is InChI=1S/C13H19ClO4S/c1-3-7-19(16,17)8-6-18-13-5-4-11(10(2)15)9-12(13)14/h4-5,9-10,15H,3,6-8H2,1-2H3/t10-/m1/s1. The molecule has 0 saturated heterocycles. The van der Waals surface area contributed by atoms with Crippen molar-refractivity contribution in [1.29, 1.82) is 0 Å². The molecule has 0 saturated carbocycles. The minimum Gasteiger partial charge on any atom is -0.491 e. The lowest BCUT2D eigenvalue weighted by atomic mass is 10.1. The van der Waals surface area contributed by atoms with E-state index in [2.05, 4.69) is 0 Å². The molecule has 1 aromatic carbocycles. The molecule has 4 nitrogen and oxygen atoms in total. The zero-order valence-corrected chi connectivity index (χ0v) is 12.7. The van der Waals surface area contributed by atoms with Gasteiger partial charge in [0.05, 0.1) is 22.6 Å². The van der Waals surface area contributed by atoms with Crippen LogP contribution in [0.2, 0.25) is 5.02 Å². The molecule has 0 aliphatic carbocycles. The lowest BCUT2D eigenvalue weighted by Crippen LogP contribution is -2.16. The van der Waals surface area contributed by atoms with Crippen molar-refractivity contribution in [3.63, 3.8) is 0 Å². The largest absolute Gasteiger partial charge is 0.491 e. The van der Waals surface area contributed by atoms with Crippen molar-refractivity contribution in [3.05, 3.63) is 28.8 Å². The van der Waals surface area contributed by atoms with E-state index in [-0.39, 0.29) is 18.1 Å². The van der Waals surface area contributed by atoms with Crippen molar-refractivity contribution in [2.45, 2.75) is 26.4 Å². The van der Waals surface area contributed by atoms with E-state index in [0.29, 0.717) is 22.8 Å². The Bertz CT molecular complexity index is 511. The molecule has 1 aromatic rings. The summed E-state index contributed by atoms with van der Waals surface area (Å²) in [4.78, 5) is 0. The van der Waals surface area contributed by atoms with Crippen molar-refractivity contribution >= 4 is 21.4 Å². The number of aliphatic hydroxyl groups excluding tert-OH is 1. The third-order valence-corrected chi connectivity index (χ3v) is 4.72. The maximum atomic E-state index is 11.5. The molecule has 1 N–H and O–H groups in total. The third-order valence-electron chi connectivity index (χ3n) is 2.61. The average Bonchev–Trinajstić information content (AvgIpc) is 2.30. The summed E-state index contributed by atoms with van der Waals surface area (Å²) in [7, 11) is -3.04. The number of benzene rings is 1. The van der Waals surface area contributed by atoms with Gasteiger partial charge in [-0.3, -0.25) is 0 Å². The van der Waals surface area contributed by atoms with Gasteiger partial charge in [0, 0.05) is 0 Å². The molecule has 0 aliphatic heterocycles. The number of sulfone groups is 1. The molecule has 108 valence electrons. The normalized spacial score (nSPS) is 13.3. The lowest BCUT2D eigenvalue weighted by molar-refractivity contribution is 0.199. The minimum absolute atomic E-state index is 0.0185. The van der Waals surface area contributed by atoms with Crippen molar-refractivity contribution in [2.24, 2.45) is 0 Å². The predicted molar refractivity (Wildman–Crippen MR) is 76.5 cm³/mol. The molecule has 1 rings (SSSR count). The topological polar surface area (TPSA) is 63.6 Å². The van der Waals surface area contributed by atoms with Crippen molar-refractivity contribution < 1.29 is 18.3 Å². The van der Waals surface area contributed by atoms with E-state index in [1.807, 2.05) is 6.92 Å². The van der Waals surface area contributed by atoms with Crippen LogP contribution in [0.15, 0.2) is 18.2 Å². The molecule has 0 amide bonds. The van der Waals surface area contributed by atoms with Gasteiger partial charge < -0.3 is 9.84 Å². The molecule has 19 heavy (non-hydrogen) atoms. The van der Waals surface area contributed by atoms with E-state index in [1.54, 1.807) is 25.1 Å². The number of hydrogen-bond donors (Lipinski definition) is 1. The fourth-order valence-corrected chi connectivity index (χ4v) is 2.99. The third kappa shape index (κ3) is 5.38. The summed E-state index contributed by atoms with van der Waals surface area (Å²) in [5, 5.41) is 9.77. The summed E-state index contributed by atoms with van der Waals surface area (Å²) in [5.74, 6) is 0.582. The molecule has 0 bridgehead atoms. The highest BCUT2D eigenvalue weighted by molar-refractivity contribution is 7.91. The number of halogens is 1. The van der Waals surface area contributed by atoms with E-state index in [9.17, 15) is 13.5 Å². The van der Waals surface area contributed by atoms with Gasteiger partial charge in [0.1, 0.15) is 12.4 Å². The molecular formula is C13H19ClO4S. The van der Waals surface area contributed by atoms with Crippen LogP contribution in [0.1, 0.15) is 31.9 Å². The minimum atomic E-state index is -3.04. The summed E-state index contributed by atoms with van der Waals surface area (Å²) >= 11 is 6.00. The predicted octanol–water partition coefficient (Wildman–Crippen LogP) is 2.60. The van der Waals surface area contributed by atoms with E-state index in [4.69, 9.17) is 16.3 Å². The van der Waals surface area contributed by atoms with Crippen LogP contribution in [0, 0.1) is 0 Å². The Balaban J connectivity index is 2.59. The van der Waals surface area contributed by atoms with Crippen LogP contribution < -0.4 is 4.74 Å². The molecule has 0 unspecified atom stereocenters. The van der Waals surface area contributed by atoms with Crippen molar-refractivity contribution in [1.82, 2.24) is 0 Å². The number of ether oxygens (including phenoxy) is 1. The highest BCUT2D eigenvalue weighted by Crippen LogP contribution is 2.27. The van der Waals surface area contributed by atoms with Gasteiger partial charge in [0.2, 0.25) is 0 Å². The van der Waals surface area contributed by atoms with Gasteiger partial charge in [-0.25, -0.2) is 8.42 Å². The Morgan fingerprint density at radius 2 is 2.05 bits per heavy atom. The first kappa shape index (κ1) is 16.3. The summed E-state index contributed by atoms with van der Waals surface area (Å²) in [6, 6.07) is 4.95. The van der Waals surface area contributed by atoms with Gasteiger partial charge in [0.15, 0.2) is 9.84 Å². The summed E-state index contributed by atoms with van der Waals surface area (Å²) in [5.41, 5.74) is 0.691. The SMILES string of the molecule is CCCS(=O)(=O)CCOc1ccc([C@@H](C)O)cc1Cl. The monoisotopic (exact) mass is 306 g/mol. The molecule has 0 radical (unpaired) electrons. The van der Waals surface area contributed by atoms with E-state index < -0.39 is 15.9 Å². The number of hydrogen-bond acceptors (Lipinski definition) is 4. The smallest absolute Gasteiger partial charge is 0.153 e. The summed E-state index contributed by atoms with van der Waals surface area (Å²) in [6.45, 7) is 3.55. The first-order valence-electron chi connectivity index (χ1n) is 6.16. The van der Waals surface area contributed by atoms with Crippen LogP contribution in [0.5, 0.6) is 5.75 Å². The summed E-state index contributed by atoms with van der Waals surface area (Å²) in [6.07, 6.45) is 0.00287. The Morgan fingerprint density at radius 3 is 2.58 bits per heavy atom. The van der Waals surface area contributed by atoms with Crippen LogP contribution in [-0.4, -0.2) is 31.6 Å².